The Morgan fingerprint density at radius 3 is 2.55 bits per heavy atom. The normalized spacial score (nSPS) is 19.6. The first-order valence-corrected chi connectivity index (χ1v) is 12.9. The monoisotopic (exact) mass is 470 g/mol. The summed E-state index contributed by atoms with van der Waals surface area (Å²) in [6.07, 6.45) is 4.88. The number of sulfonamides is 1. The van der Waals surface area contributed by atoms with Crippen molar-refractivity contribution in [2.45, 2.75) is 75.5 Å². The Hall–Kier alpha value is -2.87. The Balaban J connectivity index is 1.48. The summed E-state index contributed by atoms with van der Waals surface area (Å²) in [7, 11) is -3.88. The van der Waals surface area contributed by atoms with E-state index < -0.39 is 22.1 Å². The first kappa shape index (κ1) is 23.3. The molecule has 1 amide bonds. The summed E-state index contributed by atoms with van der Waals surface area (Å²) in [6, 6.07) is 13.1. The van der Waals surface area contributed by atoms with Crippen molar-refractivity contribution in [2.24, 2.45) is 0 Å². The van der Waals surface area contributed by atoms with Gasteiger partial charge in [-0.3, -0.25) is 9.10 Å². The van der Waals surface area contributed by atoms with E-state index in [1.807, 2.05) is 25.1 Å². The van der Waals surface area contributed by atoms with Crippen LogP contribution in [0.1, 0.15) is 61.9 Å². The molecule has 7 nitrogen and oxygen atoms in total. The van der Waals surface area contributed by atoms with Crippen LogP contribution in [0.2, 0.25) is 0 Å². The van der Waals surface area contributed by atoms with Crippen molar-refractivity contribution in [3.63, 3.8) is 0 Å². The quantitative estimate of drug-likeness (QED) is 0.648. The molecule has 1 heterocycles. The molecule has 0 bridgehead atoms. The fourth-order valence-corrected chi connectivity index (χ4v) is 6.39. The minimum atomic E-state index is -3.88. The zero-order valence-corrected chi connectivity index (χ0v) is 19.8. The van der Waals surface area contributed by atoms with Gasteiger partial charge in [-0.15, -0.1) is 0 Å². The van der Waals surface area contributed by atoms with E-state index >= 15 is 0 Å². The molecular weight excluding hydrogens is 440 g/mol. The van der Waals surface area contributed by atoms with Gasteiger partial charge >= 0.3 is 5.97 Å². The average molecular weight is 471 g/mol. The highest BCUT2D eigenvalue weighted by molar-refractivity contribution is 7.92. The first-order valence-electron chi connectivity index (χ1n) is 11.5. The molecule has 1 N–H and O–H groups in total. The number of amides is 1. The molecule has 2 aromatic carbocycles. The molecule has 0 spiro atoms. The van der Waals surface area contributed by atoms with Crippen molar-refractivity contribution in [2.75, 3.05) is 4.31 Å². The van der Waals surface area contributed by atoms with Gasteiger partial charge in [-0.25, -0.2) is 13.2 Å². The third-order valence-electron chi connectivity index (χ3n) is 6.38. The van der Waals surface area contributed by atoms with Crippen LogP contribution in [-0.2, 0) is 26.0 Å². The molecule has 1 aliphatic carbocycles. The number of benzene rings is 2. The molecule has 2 atom stereocenters. The Kier molecular flexibility index (Phi) is 6.74. The third kappa shape index (κ3) is 4.90. The maximum atomic E-state index is 13.4. The summed E-state index contributed by atoms with van der Waals surface area (Å²) in [5.41, 5.74) is 1.72. The van der Waals surface area contributed by atoms with Crippen LogP contribution < -0.4 is 9.62 Å². The molecule has 0 saturated heterocycles. The van der Waals surface area contributed by atoms with Crippen molar-refractivity contribution >= 4 is 27.6 Å². The van der Waals surface area contributed by atoms with Gasteiger partial charge in [0.2, 0.25) is 0 Å². The molecule has 33 heavy (non-hydrogen) atoms. The molecule has 1 saturated carbocycles. The van der Waals surface area contributed by atoms with Gasteiger partial charge in [0.15, 0.2) is 6.10 Å². The van der Waals surface area contributed by atoms with Gasteiger partial charge in [-0.2, -0.15) is 0 Å². The van der Waals surface area contributed by atoms with Gasteiger partial charge in [-0.05, 0) is 62.9 Å². The molecule has 0 aromatic heterocycles. The Morgan fingerprint density at radius 1 is 1.06 bits per heavy atom. The van der Waals surface area contributed by atoms with E-state index in [0.717, 1.165) is 31.2 Å². The second-order valence-corrected chi connectivity index (χ2v) is 10.7. The number of hydrogen-bond acceptors (Lipinski definition) is 5. The van der Waals surface area contributed by atoms with E-state index in [-0.39, 0.29) is 28.4 Å². The maximum absolute atomic E-state index is 13.4. The SMILES string of the molecule is CC(OC(=O)c1cccc(S(=O)(=O)N2c3ccccc3CC2C)c1)C(=O)NC1CCCCC1. The van der Waals surface area contributed by atoms with Crippen LogP contribution in [0.5, 0.6) is 0 Å². The molecule has 2 aliphatic rings. The molecule has 8 heteroatoms. The van der Waals surface area contributed by atoms with Gasteiger partial charge in [0, 0.05) is 12.1 Å². The lowest BCUT2D eigenvalue weighted by molar-refractivity contribution is -0.130. The predicted molar refractivity (Wildman–Crippen MR) is 126 cm³/mol. The van der Waals surface area contributed by atoms with E-state index in [1.54, 1.807) is 6.07 Å². The largest absolute Gasteiger partial charge is 0.449 e. The number of nitrogens with one attached hydrogen (secondary N) is 1. The molecule has 0 radical (unpaired) electrons. The number of carbonyl (C=O) groups is 2. The summed E-state index contributed by atoms with van der Waals surface area (Å²) < 4.78 is 33.6. The smallest absolute Gasteiger partial charge is 0.338 e. The maximum Gasteiger partial charge on any atom is 0.338 e. The van der Waals surface area contributed by atoms with Gasteiger partial charge in [0.25, 0.3) is 15.9 Å². The molecule has 4 rings (SSSR count). The lowest BCUT2D eigenvalue weighted by Crippen LogP contribution is -2.42. The number of hydrogen-bond donors (Lipinski definition) is 1. The highest BCUT2D eigenvalue weighted by Gasteiger charge is 2.36. The molecule has 1 aliphatic heterocycles. The average Bonchev–Trinajstić information content (AvgIpc) is 3.16. The molecule has 2 unspecified atom stereocenters. The summed E-state index contributed by atoms with van der Waals surface area (Å²) in [5.74, 6) is -1.06. The van der Waals surface area contributed by atoms with Gasteiger partial charge in [-0.1, -0.05) is 43.5 Å². The van der Waals surface area contributed by atoms with E-state index in [2.05, 4.69) is 5.32 Å². The third-order valence-corrected chi connectivity index (χ3v) is 8.30. The standard InChI is InChI=1S/C25H30N2O5S/c1-17-15-19-9-6-7-14-23(19)27(17)33(30,31)22-13-8-10-20(16-22)25(29)32-18(2)24(28)26-21-11-4-3-5-12-21/h6-10,13-14,16-18,21H,3-5,11-12,15H2,1-2H3,(H,26,28). The van der Waals surface area contributed by atoms with Crippen LogP contribution in [0.25, 0.3) is 0 Å². The highest BCUT2D eigenvalue weighted by Crippen LogP contribution is 2.36. The van der Waals surface area contributed by atoms with E-state index in [9.17, 15) is 18.0 Å². The summed E-state index contributed by atoms with van der Waals surface area (Å²) in [6.45, 7) is 3.39. The number of para-hydroxylation sites is 1. The Bertz CT molecular complexity index is 1140. The van der Waals surface area contributed by atoms with Crippen molar-refractivity contribution < 1.29 is 22.7 Å². The van der Waals surface area contributed by atoms with Gasteiger partial charge in [0.1, 0.15) is 0 Å². The second-order valence-electron chi connectivity index (χ2n) is 8.90. The number of rotatable bonds is 6. The van der Waals surface area contributed by atoms with E-state index in [0.29, 0.717) is 12.1 Å². The molecule has 1 fully saturated rings. The molecule has 2 aromatic rings. The van der Waals surface area contributed by atoms with Crippen molar-refractivity contribution in [3.05, 3.63) is 59.7 Å². The highest BCUT2D eigenvalue weighted by atomic mass is 32.2. The minimum Gasteiger partial charge on any atom is -0.449 e. The van der Waals surface area contributed by atoms with Crippen LogP contribution >= 0.6 is 0 Å². The van der Waals surface area contributed by atoms with Crippen LogP contribution in [-0.4, -0.2) is 38.5 Å². The number of esters is 1. The summed E-state index contributed by atoms with van der Waals surface area (Å²) >= 11 is 0. The number of fused-ring (bicyclic) bond motifs is 1. The zero-order valence-electron chi connectivity index (χ0n) is 19.0. The fraction of sp³-hybridized carbons (Fsp3) is 0.440. The minimum absolute atomic E-state index is 0.0137. The van der Waals surface area contributed by atoms with Crippen LogP contribution in [0.15, 0.2) is 53.4 Å². The lowest BCUT2D eigenvalue weighted by atomic mass is 9.95. The van der Waals surface area contributed by atoms with E-state index in [1.165, 1.54) is 41.9 Å². The summed E-state index contributed by atoms with van der Waals surface area (Å²) in [5, 5.41) is 2.94. The topological polar surface area (TPSA) is 92.8 Å². The number of nitrogens with zero attached hydrogens (tertiary/aromatic N) is 1. The first-order chi connectivity index (χ1) is 15.8. The number of carbonyl (C=O) groups excluding carboxylic acids is 2. The second kappa shape index (κ2) is 9.55. The Labute approximate surface area is 195 Å². The fourth-order valence-electron chi connectivity index (χ4n) is 4.65. The van der Waals surface area contributed by atoms with Crippen molar-refractivity contribution in [1.29, 1.82) is 0 Å². The van der Waals surface area contributed by atoms with Gasteiger partial charge in [0.05, 0.1) is 16.1 Å². The van der Waals surface area contributed by atoms with E-state index in [4.69, 9.17) is 4.74 Å². The lowest BCUT2D eigenvalue weighted by Gasteiger charge is -2.25. The van der Waals surface area contributed by atoms with Crippen LogP contribution in [0, 0.1) is 0 Å². The summed E-state index contributed by atoms with van der Waals surface area (Å²) in [4.78, 5) is 25.2. The molecule has 176 valence electrons. The van der Waals surface area contributed by atoms with Crippen molar-refractivity contribution in [3.8, 4) is 0 Å². The Morgan fingerprint density at radius 2 is 1.79 bits per heavy atom. The van der Waals surface area contributed by atoms with Crippen LogP contribution in [0.4, 0.5) is 5.69 Å². The number of anilines is 1. The zero-order chi connectivity index (χ0) is 23.6. The number of ether oxygens (including phenoxy) is 1. The molecular formula is C25H30N2O5S. The van der Waals surface area contributed by atoms with Crippen LogP contribution in [0.3, 0.4) is 0 Å². The van der Waals surface area contributed by atoms with Crippen molar-refractivity contribution in [1.82, 2.24) is 5.32 Å². The predicted octanol–water partition coefficient (Wildman–Crippen LogP) is 3.82. The van der Waals surface area contributed by atoms with Gasteiger partial charge < -0.3 is 10.1 Å².